The molecule has 0 saturated heterocycles. The third-order valence-corrected chi connectivity index (χ3v) is 4.74. The standard InChI is InChI=1S/C17H20N2O3S/c1-17(2,3)16-18-10-13(23-16)14(20)19(4)12-9-7-6-8-11(12)15(21)22-5/h6-10H,1-5H3. The van der Waals surface area contributed by atoms with E-state index in [1.54, 1.807) is 37.5 Å². The Bertz CT molecular complexity index is 731. The summed E-state index contributed by atoms with van der Waals surface area (Å²) in [4.78, 5) is 30.9. The van der Waals surface area contributed by atoms with Gasteiger partial charge in [-0.2, -0.15) is 0 Å². The van der Waals surface area contributed by atoms with Gasteiger partial charge in [-0.3, -0.25) is 4.79 Å². The lowest BCUT2D eigenvalue weighted by atomic mass is 9.98. The van der Waals surface area contributed by atoms with Gasteiger partial charge in [0.15, 0.2) is 0 Å². The lowest BCUT2D eigenvalue weighted by molar-refractivity contribution is 0.0601. The third kappa shape index (κ3) is 3.59. The smallest absolute Gasteiger partial charge is 0.339 e. The Hall–Kier alpha value is -2.21. The second-order valence-corrected chi connectivity index (χ2v) is 7.18. The normalized spacial score (nSPS) is 11.2. The van der Waals surface area contributed by atoms with Crippen molar-refractivity contribution in [3.63, 3.8) is 0 Å². The number of methoxy groups -OCH3 is 1. The molecule has 1 aromatic carbocycles. The number of carbonyl (C=O) groups excluding carboxylic acids is 2. The van der Waals surface area contributed by atoms with E-state index in [1.807, 2.05) is 0 Å². The quantitative estimate of drug-likeness (QED) is 0.807. The molecule has 0 aliphatic heterocycles. The first-order valence-electron chi connectivity index (χ1n) is 7.17. The minimum Gasteiger partial charge on any atom is -0.465 e. The molecule has 2 rings (SSSR count). The van der Waals surface area contributed by atoms with Gasteiger partial charge < -0.3 is 9.64 Å². The van der Waals surface area contributed by atoms with Gasteiger partial charge in [-0.15, -0.1) is 11.3 Å². The Balaban J connectivity index is 2.34. The molecule has 0 N–H and O–H groups in total. The van der Waals surface area contributed by atoms with Crippen LogP contribution in [0.5, 0.6) is 0 Å². The summed E-state index contributed by atoms with van der Waals surface area (Å²) in [6.45, 7) is 6.16. The average Bonchev–Trinajstić information content (AvgIpc) is 3.03. The van der Waals surface area contributed by atoms with Gasteiger partial charge in [0.1, 0.15) is 4.88 Å². The van der Waals surface area contributed by atoms with E-state index >= 15 is 0 Å². The summed E-state index contributed by atoms with van der Waals surface area (Å²) in [6, 6.07) is 6.87. The first kappa shape index (κ1) is 17.1. The zero-order valence-corrected chi connectivity index (χ0v) is 14.7. The van der Waals surface area contributed by atoms with Crippen molar-refractivity contribution in [3.8, 4) is 0 Å². The molecule has 2 aromatic rings. The Morgan fingerprint density at radius 1 is 1.22 bits per heavy atom. The minimum atomic E-state index is -0.472. The van der Waals surface area contributed by atoms with Gasteiger partial charge in [0, 0.05) is 12.5 Å². The molecule has 0 atom stereocenters. The predicted octanol–water partition coefficient (Wildman–Crippen LogP) is 3.50. The van der Waals surface area contributed by atoms with Crippen LogP contribution in [-0.2, 0) is 10.2 Å². The van der Waals surface area contributed by atoms with Crippen molar-refractivity contribution in [2.45, 2.75) is 26.2 Å². The van der Waals surface area contributed by atoms with Crippen LogP contribution in [0.3, 0.4) is 0 Å². The van der Waals surface area contributed by atoms with Crippen LogP contribution in [0.4, 0.5) is 5.69 Å². The van der Waals surface area contributed by atoms with Crippen molar-refractivity contribution in [3.05, 3.63) is 45.9 Å². The highest BCUT2D eigenvalue weighted by molar-refractivity contribution is 7.13. The van der Waals surface area contributed by atoms with E-state index in [1.165, 1.54) is 23.3 Å². The van der Waals surface area contributed by atoms with Crippen molar-refractivity contribution in [1.82, 2.24) is 4.98 Å². The molecule has 0 fully saturated rings. The van der Waals surface area contributed by atoms with Gasteiger partial charge in [-0.05, 0) is 12.1 Å². The monoisotopic (exact) mass is 332 g/mol. The van der Waals surface area contributed by atoms with E-state index < -0.39 is 5.97 Å². The second kappa shape index (κ2) is 6.50. The van der Waals surface area contributed by atoms with Crippen molar-refractivity contribution in [2.75, 3.05) is 19.1 Å². The van der Waals surface area contributed by atoms with Crippen LogP contribution in [-0.4, -0.2) is 31.0 Å². The zero-order valence-electron chi connectivity index (χ0n) is 13.9. The fourth-order valence-corrected chi connectivity index (χ4v) is 2.99. The summed E-state index contributed by atoms with van der Waals surface area (Å²) in [7, 11) is 2.96. The molecule has 23 heavy (non-hydrogen) atoms. The zero-order chi connectivity index (χ0) is 17.2. The van der Waals surface area contributed by atoms with Crippen LogP contribution in [0, 0.1) is 0 Å². The highest BCUT2D eigenvalue weighted by atomic mass is 32.1. The number of benzene rings is 1. The molecule has 0 bridgehead atoms. The molecule has 1 aromatic heterocycles. The van der Waals surface area contributed by atoms with E-state index in [4.69, 9.17) is 4.74 Å². The summed E-state index contributed by atoms with van der Waals surface area (Å²) in [5.41, 5.74) is 0.757. The molecule has 0 radical (unpaired) electrons. The number of aromatic nitrogens is 1. The summed E-state index contributed by atoms with van der Waals surface area (Å²) in [5.74, 6) is -0.672. The molecule has 0 spiro atoms. The van der Waals surface area contributed by atoms with Crippen LogP contribution in [0.2, 0.25) is 0 Å². The van der Waals surface area contributed by atoms with Crippen LogP contribution < -0.4 is 4.90 Å². The molecule has 0 aliphatic carbocycles. The Kier molecular flexibility index (Phi) is 4.85. The number of hydrogen-bond acceptors (Lipinski definition) is 5. The predicted molar refractivity (Wildman–Crippen MR) is 91.3 cm³/mol. The van der Waals surface area contributed by atoms with Gasteiger partial charge in [0.2, 0.25) is 0 Å². The molecule has 6 heteroatoms. The largest absolute Gasteiger partial charge is 0.465 e. The first-order valence-corrected chi connectivity index (χ1v) is 7.99. The summed E-state index contributed by atoms with van der Waals surface area (Å²) in [5, 5.41) is 0.899. The van der Waals surface area contributed by atoms with Crippen molar-refractivity contribution in [1.29, 1.82) is 0 Å². The topological polar surface area (TPSA) is 59.5 Å². The van der Waals surface area contributed by atoms with Gasteiger partial charge in [-0.25, -0.2) is 9.78 Å². The molecule has 0 unspecified atom stereocenters. The molecule has 1 heterocycles. The number of carbonyl (C=O) groups is 2. The van der Waals surface area contributed by atoms with Crippen LogP contribution >= 0.6 is 11.3 Å². The van der Waals surface area contributed by atoms with E-state index in [-0.39, 0.29) is 11.3 Å². The summed E-state index contributed by atoms with van der Waals surface area (Å²) < 4.78 is 4.77. The van der Waals surface area contributed by atoms with Gasteiger partial charge in [-0.1, -0.05) is 32.9 Å². The van der Waals surface area contributed by atoms with Crippen LogP contribution in [0.15, 0.2) is 30.5 Å². The molecule has 0 aliphatic rings. The van der Waals surface area contributed by atoms with E-state index in [9.17, 15) is 9.59 Å². The molecule has 0 saturated carbocycles. The van der Waals surface area contributed by atoms with E-state index in [2.05, 4.69) is 25.8 Å². The third-order valence-electron chi connectivity index (χ3n) is 3.33. The maximum atomic E-state index is 12.7. The molecule has 5 nitrogen and oxygen atoms in total. The Morgan fingerprint density at radius 2 is 1.87 bits per heavy atom. The summed E-state index contributed by atoms with van der Waals surface area (Å²) >= 11 is 1.37. The van der Waals surface area contributed by atoms with Crippen LogP contribution in [0.1, 0.15) is 45.8 Å². The SMILES string of the molecule is COC(=O)c1ccccc1N(C)C(=O)c1cnc(C(C)(C)C)s1. The maximum Gasteiger partial charge on any atom is 0.339 e. The number of esters is 1. The maximum absolute atomic E-state index is 12.7. The number of ether oxygens (including phenoxy) is 1. The number of rotatable bonds is 3. The molecular weight excluding hydrogens is 312 g/mol. The van der Waals surface area contributed by atoms with Crippen LogP contribution in [0.25, 0.3) is 0 Å². The number of thiazole rings is 1. The van der Waals surface area contributed by atoms with Crippen molar-refractivity contribution >= 4 is 28.9 Å². The number of para-hydroxylation sites is 1. The second-order valence-electron chi connectivity index (χ2n) is 6.15. The number of anilines is 1. The minimum absolute atomic E-state index is 0.105. The average molecular weight is 332 g/mol. The fourth-order valence-electron chi connectivity index (χ4n) is 2.04. The van der Waals surface area contributed by atoms with Gasteiger partial charge in [0.05, 0.1) is 29.6 Å². The highest BCUT2D eigenvalue weighted by Gasteiger charge is 2.24. The lowest BCUT2D eigenvalue weighted by Gasteiger charge is -2.19. The molecule has 1 amide bonds. The lowest BCUT2D eigenvalue weighted by Crippen LogP contribution is -2.27. The fraction of sp³-hybridized carbons (Fsp3) is 0.353. The first-order chi connectivity index (χ1) is 10.8. The summed E-state index contributed by atoms with van der Waals surface area (Å²) in [6.07, 6.45) is 1.59. The van der Waals surface area contributed by atoms with E-state index in [0.29, 0.717) is 16.1 Å². The Labute approximate surface area is 139 Å². The van der Waals surface area contributed by atoms with Crippen molar-refractivity contribution < 1.29 is 14.3 Å². The number of nitrogens with zero attached hydrogens (tertiary/aromatic N) is 2. The van der Waals surface area contributed by atoms with Gasteiger partial charge in [0.25, 0.3) is 5.91 Å². The van der Waals surface area contributed by atoms with Crippen molar-refractivity contribution in [2.24, 2.45) is 0 Å². The number of hydrogen-bond donors (Lipinski definition) is 0. The molecular formula is C17H20N2O3S. The number of amides is 1. The van der Waals surface area contributed by atoms with Gasteiger partial charge >= 0.3 is 5.97 Å². The Morgan fingerprint density at radius 3 is 2.43 bits per heavy atom. The highest BCUT2D eigenvalue weighted by Crippen LogP contribution is 2.29. The molecule has 122 valence electrons. The van der Waals surface area contributed by atoms with E-state index in [0.717, 1.165) is 5.01 Å².